The molecule has 18 heavy (non-hydrogen) atoms. The lowest BCUT2D eigenvalue weighted by molar-refractivity contribution is -0.146. The maximum atomic E-state index is 12.0. The Balaban J connectivity index is 2.28. The molecule has 0 radical (unpaired) electrons. The number of hydrogen-bond donors (Lipinski definition) is 1. The number of carbonyl (C=O) groups excluding carboxylic acids is 1. The molecule has 2 heterocycles. The first-order valence-corrected chi connectivity index (χ1v) is 6.24. The van der Waals surface area contributed by atoms with E-state index in [-0.39, 0.29) is 11.5 Å². The van der Waals surface area contributed by atoms with E-state index in [1.165, 1.54) is 0 Å². The van der Waals surface area contributed by atoms with Crippen LogP contribution >= 0.6 is 0 Å². The molecule has 5 heteroatoms. The van der Waals surface area contributed by atoms with E-state index >= 15 is 0 Å². The molecule has 1 atom stereocenters. The summed E-state index contributed by atoms with van der Waals surface area (Å²) in [5.41, 5.74) is 0.808. The molecule has 0 fully saturated rings. The highest BCUT2D eigenvalue weighted by atomic mass is 16.5. The van der Waals surface area contributed by atoms with E-state index in [0.717, 1.165) is 19.4 Å². The Hall–Kier alpha value is -1.78. The molecule has 98 valence electrons. The van der Waals surface area contributed by atoms with Crippen LogP contribution in [0.1, 0.15) is 48.2 Å². The molecule has 0 aromatic carbocycles. The van der Waals surface area contributed by atoms with Crippen molar-refractivity contribution < 1.29 is 19.4 Å². The Labute approximate surface area is 105 Å². The first kappa shape index (κ1) is 12.7. The number of aromatic nitrogens is 1. The Kier molecular flexibility index (Phi) is 3.69. The van der Waals surface area contributed by atoms with Crippen molar-refractivity contribution in [3.63, 3.8) is 0 Å². The van der Waals surface area contributed by atoms with Crippen molar-refractivity contribution in [2.24, 2.45) is 0 Å². The SMILES string of the molecule is CCCOC(=O)C1CCCn2ccc(C(=O)O)c21. The van der Waals surface area contributed by atoms with Gasteiger partial charge in [0.05, 0.1) is 18.1 Å². The van der Waals surface area contributed by atoms with Crippen LogP contribution in [0.4, 0.5) is 0 Å². The van der Waals surface area contributed by atoms with Crippen molar-refractivity contribution in [1.29, 1.82) is 0 Å². The van der Waals surface area contributed by atoms with Gasteiger partial charge in [-0.3, -0.25) is 4.79 Å². The summed E-state index contributed by atoms with van der Waals surface area (Å²) in [6.07, 6.45) is 4.03. The fourth-order valence-electron chi connectivity index (χ4n) is 2.38. The van der Waals surface area contributed by atoms with E-state index in [2.05, 4.69) is 0 Å². The lowest BCUT2D eigenvalue weighted by atomic mass is 9.93. The maximum Gasteiger partial charge on any atom is 0.337 e. The third kappa shape index (κ3) is 2.25. The molecule has 1 aromatic rings. The summed E-state index contributed by atoms with van der Waals surface area (Å²) < 4.78 is 7.00. The van der Waals surface area contributed by atoms with Gasteiger partial charge in [-0.1, -0.05) is 6.92 Å². The lowest BCUT2D eigenvalue weighted by Crippen LogP contribution is -2.25. The predicted molar refractivity (Wildman–Crippen MR) is 64.6 cm³/mol. The Morgan fingerprint density at radius 2 is 2.33 bits per heavy atom. The van der Waals surface area contributed by atoms with E-state index < -0.39 is 11.9 Å². The summed E-state index contributed by atoms with van der Waals surface area (Å²) in [5.74, 6) is -1.73. The van der Waals surface area contributed by atoms with Crippen molar-refractivity contribution >= 4 is 11.9 Å². The minimum absolute atomic E-state index is 0.216. The standard InChI is InChI=1S/C13H17NO4/c1-2-8-18-13(17)10-4-3-6-14-7-5-9(11(10)14)12(15)16/h5,7,10H,2-4,6,8H2,1H3,(H,15,16). The fourth-order valence-corrected chi connectivity index (χ4v) is 2.38. The van der Waals surface area contributed by atoms with Crippen molar-refractivity contribution in [3.05, 3.63) is 23.5 Å². The zero-order valence-corrected chi connectivity index (χ0v) is 10.4. The van der Waals surface area contributed by atoms with Gasteiger partial charge in [0.1, 0.15) is 0 Å². The number of aromatic carboxylic acids is 1. The second-order valence-corrected chi connectivity index (χ2v) is 4.48. The van der Waals surface area contributed by atoms with Gasteiger partial charge in [0.15, 0.2) is 0 Å². The Morgan fingerprint density at radius 3 is 3.00 bits per heavy atom. The van der Waals surface area contributed by atoms with Gasteiger partial charge >= 0.3 is 11.9 Å². The van der Waals surface area contributed by atoms with Gasteiger partial charge in [0, 0.05) is 18.4 Å². The molecular weight excluding hydrogens is 234 g/mol. The van der Waals surface area contributed by atoms with Gasteiger partial charge < -0.3 is 14.4 Å². The molecule has 1 unspecified atom stereocenters. The molecule has 2 rings (SSSR count). The second-order valence-electron chi connectivity index (χ2n) is 4.48. The van der Waals surface area contributed by atoms with E-state index in [4.69, 9.17) is 9.84 Å². The minimum atomic E-state index is -0.987. The average molecular weight is 251 g/mol. The van der Waals surface area contributed by atoms with Crippen LogP contribution < -0.4 is 0 Å². The van der Waals surface area contributed by atoms with Crippen LogP contribution in [-0.2, 0) is 16.1 Å². The topological polar surface area (TPSA) is 68.5 Å². The van der Waals surface area contributed by atoms with Gasteiger partial charge in [-0.15, -0.1) is 0 Å². The number of carboxylic acids is 1. The zero-order valence-electron chi connectivity index (χ0n) is 10.4. The molecule has 5 nitrogen and oxygen atoms in total. The van der Waals surface area contributed by atoms with Crippen LogP contribution in [0.5, 0.6) is 0 Å². The molecule has 0 saturated carbocycles. The smallest absolute Gasteiger partial charge is 0.337 e. The van der Waals surface area contributed by atoms with Crippen LogP contribution in [0.3, 0.4) is 0 Å². The first-order valence-electron chi connectivity index (χ1n) is 6.24. The zero-order chi connectivity index (χ0) is 13.1. The van der Waals surface area contributed by atoms with E-state index in [1.807, 2.05) is 11.5 Å². The van der Waals surface area contributed by atoms with Crippen molar-refractivity contribution in [2.45, 2.75) is 38.6 Å². The molecule has 1 N–H and O–H groups in total. The lowest BCUT2D eigenvalue weighted by Gasteiger charge is -2.24. The molecule has 1 aliphatic rings. The van der Waals surface area contributed by atoms with Crippen LogP contribution in [0.2, 0.25) is 0 Å². The molecule has 0 aliphatic carbocycles. The maximum absolute atomic E-state index is 12.0. The number of carboxylic acid groups (broad SMARTS) is 1. The number of hydrogen-bond acceptors (Lipinski definition) is 3. The summed E-state index contributed by atoms with van der Waals surface area (Å²) in [5, 5.41) is 9.14. The fraction of sp³-hybridized carbons (Fsp3) is 0.538. The number of aryl methyl sites for hydroxylation is 1. The monoisotopic (exact) mass is 251 g/mol. The summed E-state index contributed by atoms with van der Waals surface area (Å²) in [7, 11) is 0. The highest BCUT2D eigenvalue weighted by Crippen LogP contribution is 2.31. The number of esters is 1. The van der Waals surface area contributed by atoms with Crippen LogP contribution in [0.25, 0.3) is 0 Å². The molecular formula is C13H17NO4. The Morgan fingerprint density at radius 1 is 1.56 bits per heavy atom. The van der Waals surface area contributed by atoms with Crippen LogP contribution in [0.15, 0.2) is 12.3 Å². The summed E-state index contributed by atoms with van der Waals surface area (Å²) >= 11 is 0. The van der Waals surface area contributed by atoms with Gasteiger partial charge in [-0.2, -0.15) is 0 Å². The van der Waals surface area contributed by atoms with Gasteiger partial charge in [-0.05, 0) is 25.3 Å². The third-order valence-corrected chi connectivity index (χ3v) is 3.19. The number of fused-ring (bicyclic) bond motifs is 1. The third-order valence-electron chi connectivity index (χ3n) is 3.19. The minimum Gasteiger partial charge on any atom is -0.478 e. The summed E-state index contributed by atoms with van der Waals surface area (Å²) in [6.45, 7) is 3.08. The second kappa shape index (κ2) is 5.25. The quantitative estimate of drug-likeness (QED) is 0.831. The van der Waals surface area contributed by atoms with E-state index in [0.29, 0.717) is 18.7 Å². The van der Waals surface area contributed by atoms with Crippen LogP contribution in [-0.4, -0.2) is 28.2 Å². The predicted octanol–water partition coefficient (Wildman–Crippen LogP) is 2.02. The normalized spacial score (nSPS) is 18.2. The average Bonchev–Trinajstić information content (AvgIpc) is 2.79. The molecule has 0 bridgehead atoms. The van der Waals surface area contributed by atoms with Gasteiger partial charge in [0.2, 0.25) is 0 Å². The summed E-state index contributed by atoms with van der Waals surface area (Å²) in [6, 6.07) is 1.56. The Bertz CT molecular complexity index is 464. The molecule has 0 saturated heterocycles. The van der Waals surface area contributed by atoms with E-state index in [9.17, 15) is 9.59 Å². The highest BCUT2D eigenvalue weighted by Gasteiger charge is 2.32. The first-order chi connectivity index (χ1) is 8.65. The molecule has 1 aromatic heterocycles. The van der Waals surface area contributed by atoms with Crippen LogP contribution in [0, 0.1) is 0 Å². The number of ether oxygens (including phenoxy) is 1. The highest BCUT2D eigenvalue weighted by molar-refractivity contribution is 5.92. The largest absolute Gasteiger partial charge is 0.478 e. The molecule has 0 amide bonds. The number of rotatable bonds is 4. The van der Waals surface area contributed by atoms with Gasteiger partial charge in [-0.25, -0.2) is 4.79 Å². The summed E-state index contributed by atoms with van der Waals surface area (Å²) in [4.78, 5) is 23.1. The van der Waals surface area contributed by atoms with E-state index in [1.54, 1.807) is 12.3 Å². The van der Waals surface area contributed by atoms with Crippen molar-refractivity contribution in [1.82, 2.24) is 4.57 Å². The van der Waals surface area contributed by atoms with Crippen molar-refractivity contribution in [3.8, 4) is 0 Å². The molecule has 0 spiro atoms. The van der Waals surface area contributed by atoms with Crippen molar-refractivity contribution in [2.75, 3.05) is 6.61 Å². The molecule has 1 aliphatic heterocycles. The number of carbonyl (C=O) groups is 2. The number of nitrogens with zero attached hydrogens (tertiary/aromatic N) is 1. The van der Waals surface area contributed by atoms with Gasteiger partial charge in [0.25, 0.3) is 0 Å².